The lowest BCUT2D eigenvalue weighted by Crippen LogP contribution is -1.92. The molecular weight excluding hydrogens is 264 g/mol. The molecule has 0 unspecified atom stereocenters. The Bertz CT molecular complexity index is 280. The molecule has 0 bridgehead atoms. The number of aromatic nitrogens is 1. The molecule has 0 aliphatic carbocycles. The third kappa shape index (κ3) is 1.52. The Labute approximate surface area is 76.4 Å². The van der Waals surface area contributed by atoms with Gasteiger partial charge in [0.15, 0.2) is 11.6 Å². The first-order valence-corrected chi connectivity index (χ1v) is 3.81. The molecule has 5 heteroatoms. The van der Waals surface area contributed by atoms with Gasteiger partial charge in [0, 0.05) is 0 Å². The minimum Gasteiger partial charge on any atom is -0.504 e. The first-order chi connectivity index (χ1) is 5.16. The van der Waals surface area contributed by atoms with Gasteiger partial charge in [-0.2, -0.15) is 0 Å². The first kappa shape index (κ1) is 8.51. The maximum absolute atomic E-state index is 12.5. The van der Waals surface area contributed by atoms with Gasteiger partial charge in [-0.25, -0.2) is 9.37 Å². The van der Waals surface area contributed by atoms with Crippen LogP contribution in [0.1, 0.15) is 0 Å². The molecule has 0 atom stereocenters. The van der Waals surface area contributed by atoms with Gasteiger partial charge in [-0.1, -0.05) is 0 Å². The molecule has 0 aromatic carbocycles. The Balaban J connectivity index is 3.25. The molecule has 1 aromatic heterocycles. The van der Waals surface area contributed by atoms with E-state index in [1.54, 1.807) is 22.6 Å². The summed E-state index contributed by atoms with van der Waals surface area (Å²) in [5.74, 6) is -0.933. The lowest BCUT2D eigenvalue weighted by molar-refractivity contribution is 0.375. The fraction of sp³-hybridized carbons (Fsp3) is 0.167. The number of methoxy groups -OCH3 is 1. The van der Waals surface area contributed by atoms with Gasteiger partial charge in [-0.3, -0.25) is 0 Å². The number of hydrogen-bond donors (Lipinski definition) is 1. The smallest absolute Gasteiger partial charge is 0.230 e. The molecule has 0 aliphatic heterocycles. The highest BCUT2D eigenvalue weighted by atomic mass is 127. The molecule has 0 spiro atoms. The number of rotatable bonds is 1. The number of hydrogen-bond acceptors (Lipinski definition) is 3. The van der Waals surface area contributed by atoms with E-state index in [0.717, 1.165) is 6.20 Å². The van der Waals surface area contributed by atoms with Gasteiger partial charge in [0.25, 0.3) is 0 Å². The SMILES string of the molecule is COc1ncc(F)c(O)c1I. The summed E-state index contributed by atoms with van der Waals surface area (Å²) in [4.78, 5) is 3.59. The van der Waals surface area contributed by atoms with Gasteiger partial charge in [0.1, 0.15) is 3.57 Å². The third-order valence-electron chi connectivity index (χ3n) is 1.11. The molecule has 0 saturated carbocycles. The summed E-state index contributed by atoms with van der Waals surface area (Å²) in [6.45, 7) is 0. The maximum Gasteiger partial charge on any atom is 0.230 e. The van der Waals surface area contributed by atoms with Crippen molar-refractivity contribution in [3.8, 4) is 11.6 Å². The van der Waals surface area contributed by atoms with Crippen LogP contribution in [0.5, 0.6) is 11.6 Å². The lowest BCUT2D eigenvalue weighted by Gasteiger charge is -2.02. The molecule has 0 aliphatic rings. The fourth-order valence-corrected chi connectivity index (χ4v) is 1.20. The van der Waals surface area contributed by atoms with Crippen molar-refractivity contribution in [2.45, 2.75) is 0 Å². The molecule has 0 amide bonds. The van der Waals surface area contributed by atoms with Gasteiger partial charge < -0.3 is 9.84 Å². The van der Waals surface area contributed by atoms with Crippen molar-refractivity contribution < 1.29 is 14.2 Å². The van der Waals surface area contributed by atoms with Crippen LogP contribution < -0.4 is 4.74 Å². The molecule has 11 heavy (non-hydrogen) atoms. The molecular formula is C6H5FINO2. The Morgan fingerprint density at radius 1 is 1.73 bits per heavy atom. The second-order valence-electron chi connectivity index (χ2n) is 1.78. The summed E-state index contributed by atoms with van der Waals surface area (Å²) in [5, 5.41) is 9.02. The summed E-state index contributed by atoms with van der Waals surface area (Å²) in [6.07, 6.45) is 0.913. The summed E-state index contributed by atoms with van der Waals surface area (Å²) in [5.41, 5.74) is 0. The van der Waals surface area contributed by atoms with Crippen LogP contribution in [0.25, 0.3) is 0 Å². The summed E-state index contributed by atoms with van der Waals surface area (Å²) < 4.78 is 17.5. The molecule has 1 heterocycles. The number of halogens is 2. The summed E-state index contributed by atoms with van der Waals surface area (Å²) >= 11 is 1.75. The van der Waals surface area contributed by atoms with Crippen LogP contribution in [0.3, 0.4) is 0 Å². The number of aromatic hydroxyl groups is 1. The number of pyridine rings is 1. The minimum absolute atomic E-state index is 0.226. The zero-order chi connectivity index (χ0) is 8.43. The van der Waals surface area contributed by atoms with Crippen molar-refractivity contribution in [2.75, 3.05) is 7.11 Å². The molecule has 0 radical (unpaired) electrons. The molecule has 0 fully saturated rings. The second-order valence-corrected chi connectivity index (χ2v) is 2.86. The van der Waals surface area contributed by atoms with E-state index < -0.39 is 11.6 Å². The fourth-order valence-electron chi connectivity index (χ4n) is 0.582. The average Bonchev–Trinajstić information content (AvgIpc) is 2.01. The van der Waals surface area contributed by atoms with Crippen LogP contribution in [-0.4, -0.2) is 17.2 Å². The normalized spacial score (nSPS) is 9.73. The van der Waals surface area contributed by atoms with E-state index in [0.29, 0.717) is 0 Å². The Kier molecular flexibility index (Phi) is 2.48. The average molecular weight is 269 g/mol. The zero-order valence-corrected chi connectivity index (χ0v) is 7.79. The van der Waals surface area contributed by atoms with Crippen molar-refractivity contribution in [3.05, 3.63) is 15.6 Å². The highest BCUT2D eigenvalue weighted by Crippen LogP contribution is 2.28. The molecule has 1 N–H and O–H groups in total. The van der Waals surface area contributed by atoms with E-state index >= 15 is 0 Å². The van der Waals surface area contributed by atoms with Crippen molar-refractivity contribution in [3.63, 3.8) is 0 Å². The molecule has 0 saturated heterocycles. The molecule has 1 aromatic rings. The number of ether oxygens (including phenoxy) is 1. The maximum atomic E-state index is 12.5. The lowest BCUT2D eigenvalue weighted by atomic mass is 10.4. The Morgan fingerprint density at radius 2 is 2.36 bits per heavy atom. The van der Waals surface area contributed by atoms with Crippen molar-refractivity contribution in [2.24, 2.45) is 0 Å². The van der Waals surface area contributed by atoms with Crippen LogP contribution >= 0.6 is 22.6 Å². The minimum atomic E-state index is -0.741. The van der Waals surface area contributed by atoms with E-state index in [2.05, 4.69) is 4.98 Å². The van der Waals surface area contributed by atoms with E-state index in [1.807, 2.05) is 0 Å². The second kappa shape index (κ2) is 3.21. The monoisotopic (exact) mass is 269 g/mol. The molecule has 3 nitrogen and oxygen atoms in total. The zero-order valence-electron chi connectivity index (χ0n) is 5.64. The van der Waals surface area contributed by atoms with Crippen LogP contribution in [-0.2, 0) is 0 Å². The van der Waals surface area contributed by atoms with Crippen LogP contribution in [0.4, 0.5) is 4.39 Å². The van der Waals surface area contributed by atoms with Gasteiger partial charge in [-0.15, -0.1) is 0 Å². The predicted octanol–water partition coefficient (Wildman–Crippen LogP) is 1.54. The topological polar surface area (TPSA) is 42.4 Å². The highest BCUT2D eigenvalue weighted by molar-refractivity contribution is 14.1. The van der Waals surface area contributed by atoms with Crippen LogP contribution in [0, 0.1) is 9.39 Å². The first-order valence-electron chi connectivity index (χ1n) is 2.73. The van der Waals surface area contributed by atoms with Crippen LogP contribution in [0.15, 0.2) is 6.20 Å². The van der Waals surface area contributed by atoms with Gasteiger partial charge >= 0.3 is 0 Å². The molecule has 1 rings (SSSR count). The Morgan fingerprint density at radius 3 is 2.91 bits per heavy atom. The van der Waals surface area contributed by atoms with Gasteiger partial charge in [0.2, 0.25) is 5.88 Å². The number of nitrogens with zero attached hydrogens (tertiary/aromatic N) is 1. The van der Waals surface area contributed by atoms with E-state index in [9.17, 15) is 4.39 Å². The van der Waals surface area contributed by atoms with E-state index in [-0.39, 0.29) is 9.45 Å². The Hall–Kier alpha value is -0.590. The quantitative estimate of drug-likeness (QED) is 0.786. The van der Waals surface area contributed by atoms with Gasteiger partial charge in [0.05, 0.1) is 13.3 Å². The largest absolute Gasteiger partial charge is 0.504 e. The van der Waals surface area contributed by atoms with Gasteiger partial charge in [-0.05, 0) is 22.6 Å². The van der Waals surface area contributed by atoms with E-state index in [1.165, 1.54) is 7.11 Å². The van der Waals surface area contributed by atoms with Crippen molar-refractivity contribution in [1.29, 1.82) is 0 Å². The van der Waals surface area contributed by atoms with Crippen LogP contribution in [0.2, 0.25) is 0 Å². The van der Waals surface area contributed by atoms with Crippen molar-refractivity contribution in [1.82, 2.24) is 4.98 Å². The summed E-state index contributed by atoms with van der Waals surface area (Å²) in [7, 11) is 1.40. The summed E-state index contributed by atoms with van der Waals surface area (Å²) in [6, 6.07) is 0. The highest BCUT2D eigenvalue weighted by Gasteiger charge is 2.10. The standard InChI is InChI=1S/C6H5FINO2/c1-11-6-4(8)5(10)3(7)2-9-6/h2H,1H3,(H,9,10). The molecule has 60 valence electrons. The third-order valence-corrected chi connectivity index (χ3v) is 2.08. The predicted molar refractivity (Wildman–Crippen MR) is 45.1 cm³/mol. The van der Waals surface area contributed by atoms with E-state index in [4.69, 9.17) is 9.84 Å². The van der Waals surface area contributed by atoms with Crippen molar-refractivity contribution >= 4 is 22.6 Å².